The first-order valence-electron chi connectivity index (χ1n) is 16.0. The molecule has 2 bridgehead atoms. The normalized spacial score (nSPS) is 25.1. The van der Waals surface area contributed by atoms with E-state index in [0.717, 1.165) is 59.1 Å². The lowest BCUT2D eigenvalue weighted by Crippen LogP contribution is -2.71. The number of fused-ring (bicyclic) bond motifs is 4. The van der Waals surface area contributed by atoms with E-state index in [2.05, 4.69) is 9.97 Å². The summed E-state index contributed by atoms with van der Waals surface area (Å²) in [5.41, 5.74) is 4.42. The highest BCUT2D eigenvalue weighted by atomic mass is 16.2. The zero-order valence-electron chi connectivity index (χ0n) is 25.3. The van der Waals surface area contributed by atoms with E-state index in [-0.39, 0.29) is 43.8 Å². The molecular formula is C35H36N6O3. The van der Waals surface area contributed by atoms with Crippen molar-refractivity contribution in [3.8, 4) is 0 Å². The van der Waals surface area contributed by atoms with Crippen molar-refractivity contribution in [2.75, 3.05) is 26.2 Å². The number of hydrogen-bond acceptors (Lipinski definition) is 7. The molecule has 9 heteroatoms. The number of aromatic nitrogens is 4. The minimum absolute atomic E-state index is 0.104. The number of piperidine rings is 2. The van der Waals surface area contributed by atoms with Crippen molar-refractivity contribution in [2.45, 2.75) is 64.2 Å². The fourth-order valence-corrected chi connectivity index (χ4v) is 7.41. The van der Waals surface area contributed by atoms with Gasteiger partial charge in [0, 0.05) is 61.5 Å². The minimum atomic E-state index is -0.830. The van der Waals surface area contributed by atoms with Crippen LogP contribution >= 0.6 is 0 Å². The first-order valence-corrected chi connectivity index (χ1v) is 16.0. The number of ketones is 1. The van der Waals surface area contributed by atoms with Crippen molar-refractivity contribution < 1.29 is 14.4 Å². The number of likely N-dealkylation sites (tertiary alicyclic amines) is 2. The summed E-state index contributed by atoms with van der Waals surface area (Å²) in [6, 6.07) is 11.0. The maximum Gasteiger partial charge on any atom is 0.253 e. The highest BCUT2D eigenvalue weighted by Crippen LogP contribution is 2.47. The van der Waals surface area contributed by atoms with Crippen molar-refractivity contribution in [2.24, 2.45) is 10.8 Å². The van der Waals surface area contributed by atoms with Crippen LogP contribution in [0.15, 0.2) is 48.8 Å². The third kappa shape index (κ3) is 4.39. The van der Waals surface area contributed by atoms with E-state index >= 15 is 0 Å². The van der Waals surface area contributed by atoms with Crippen LogP contribution in [0.4, 0.5) is 0 Å². The van der Waals surface area contributed by atoms with Crippen molar-refractivity contribution in [3.63, 3.8) is 0 Å². The van der Waals surface area contributed by atoms with Gasteiger partial charge in [0.05, 0.1) is 44.3 Å². The Morgan fingerprint density at radius 2 is 1.09 bits per heavy atom. The SMILES string of the molecule is CCC12CN(C(=O)c3ccc4ncc(C5CC5)nc4c3)CC(CC)(CN(C(=O)c3ccc4ncc(C5CC5)nc4c3)C1)C2=O. The lowest BCUT2D eigenvalue weighted by Gasteiger charge is -2.57. The van der Waals surface area contributed by atoms with Gasteiger partial charge in [-0.3, -0.25) is 24.4 Å². The molecule has 224 valence electrons. The molecule has 2 amide bonds. The molecular weight excluding hydrogens is 552 g/mol. The Labute approximate surface area is 256 Å². The molecule has 8 rings (SSSR count). The Morgan fingerprint density at radius 1 is 0.682 bits per heavy atom. The van der Waals surface area contributed by atoms with Gasteiger partial charge in [-0.15, -0.1) is 0 Å². The molecule has 2 saturated heterocycles. The van der Waals surface area contributed by atoms with Crippen LogP contribution in [0.25, 0.3) is 22.1 Å². The molecule has 2 aliphatic heterocycles. The Kier molecular flexibility index (Phi) is 6.12. The lowest BCUT2D eigenvalue weighted by atomic mass is 9.60. The first-order chi connectivity index (χ1) is 21.3. The smallest absolute Gasteiger partial charge is 0.253 e. The molecule has 0 radical (unpaired) electrons. The van der Waals surface area contributed by atoms with Gasteiger partial charge in [0.1, 0.15) is 0 Å². The van der Waals surface area contributed by atoms with Gasteiger partial charge in [0.15, 0.2) is 5.78 Å². The Morgan fingerprint density at radius 3 is 1.45 bits per heavy atom. The standard InChI is InChI=1S/C35H36N6O3/c1-3-34-17-40(31(42)23-9-11-25-27(13-23)38-29(15-36-25)21-5-6-21)19-35(4-2,33(34)44)20-41(18-34)32(43)24-10-12-26-28(14-24)39-30(16-37-26)22-7-8-22/h9-16,21-22H,3-8,17-20H2,1-2H3. The quantitative estimate of drug-likeness (QED) is 0.301. The van der Waals surface area contributed by atoms with E-state index in [1.54, 1.807) is 0 Å². The maximum atomic E-state index is 14.2. The number of benzene rings is 2. The number of rotatable bonds is 6. The zero-order valence-corrected chi connectivity index (χ0v) is 25.3. The average Bonchev–Trinajstić information content (AvgIpc) is 3.97. The summed E-state index contributed by atoms with van der Waals surface area (Å²) in [5.74, 6) is 0.919. The average molecular weight is 589 g/mol. The summed E-state index contributed by atoms with van der Waals surface area (Å²) in [4.78, 5) is 64.7. The van der Waals surface area contributed by atoms with Gasteiger partial charge in [0.25, 0.3) is 11.8 Å². The Hall–Kier alpha value is -4.27. The van der Waals surface area contributed by atoms with Gasteiger partial charge < -0.3 is 9.80 Å². The summed E-state index contributed by atoms with van der Waals surface area (Å²) >= 11 is 0. The van der Waals surface area contributed by atoms with Gasteiger partial charge in [-0.05, 0) is 74.9 Å². The molecule has 2 saturated carbocycles. The van der Waals surface area contributed by atoms with Crippen LogP contribution in [0, 0.1) is 10.8 Å². The summed E-state index contributed by atoms with van der Waals surface area (Å²) in [5, 5.41) is 0. The maximum absolute atomic E-state index is 14.2. The van der Waals surface area contributed by atoms with Crippen LogP contribution in [0.5, 0.6) is 0 Å². The number of carbonyl (C=O) groups is 3. The molecule has 0 N–H and O–H groups in total. The number of hydrogen-bond donors (Lipinski definition) is 0. The molecule has 0 unspecified atom stereocenters. The largest absolute Gasteiger partial charge is 0.336 e. The van der Waals surface area contributed by atoms with Crippen LogP contribution in [0.2, 0.25) is 0 Å². The second-order valence-electron chi connectivity index (χ2n) is 13.5. The molecule has 9 nitrogen and oxygen atoms in total. The molecule has 2 aromatic carbocycles. The van der Waals surface area contributed by atoms with E-state index < -0.39 is 10.8 Å². The molecule has 4 heterocycles. The molecule has 4 aliphatic rings. The van der Waals surface area contributed by atoms with Crippen molar-refractivity contribution in [3.05, 3.63) is 71.3 Å². The van der Waals surface area contributed by atoms with Gasteiger partial charge >= 0.3 is 0 Å². The van der Waals surface area contributed by atoms with Crippen LogP contribution in [0.3, 0.4) is 0 Å². The van der Waals surface area contributed by atoms with E-state index in [4.69, 9.17) is 9.97 Å². The summed E-state index contributed by atoms with van der Waals surface area (Å²) in [6.07, 6.45) is 9.32. The fourth-order valence-electron chi connectivity index (χ4n) is 7.41. The predicted octanol–water partition coefficient (Wildman–Crippen LogP) is 5.30. The van der Waals surface area contributed by atoms with Gasteiger partial charge in [0.2, 0.25) is 0 Å². The minimum Gasteiger partial charge on any atom is -0.336 e. The molecule has 4 fully saturated rings. The van der Waals surface area contributed by atoms with Gasteiger partial charge in [-0.25, -0.2) is 9.97 Å². The van der Waals surface area contributed by atoms with E-state index in [1.807, 2.05) is 72.4 Å². The summed E-state index contributed by atoms with van der Waals surface area (Å²) in [6.45, 7) is 5.13. The van der Waals surface area contributed by atoms with E-state index in [0.29, 0.717) is 35.8 Å². The predicted molar refractivity (Wildman–Crippen MR) is 165 cm³/mol. The number of Topliss-reactive ketones (excluding diaryl/α,β-unsaturated/α-hetero) is 1. The first kappa shape index (κ1) is 27.3. The fraction of sp³-hybridized carbons (Fsp3) is 0.457. The Balaban J connectivity index is 1.09. The van der Waals surface area contributed by atoms with Crippen LogP contribution in [-0.4, -0.2) is 73.5 Å². The highest BCUT2D eigenvalue weighted by molar-refractivity contribution is 6.02. The van der Waals surface area contributed by atoms with E-state index in [9.17, 15) is 14.4 Å². The third-order valence-corrected chi connectivity index (χ3v) is 10.5. The molecule has 44 heavy (non-hydrogen) atoms. The molecule has 2 aliphatic carbocycles. The second kappa shape index (κ2) is 9.87. The summed E-state index contributed by atoms with van der Waals surface area (Å²) in [7, 11) is 0. The second-order valence-corrected chi connectivity index (χ2v) is 13.5. The Bertz CT molecular complexity index is 1720. The molecule has 4 aromatic rings. The van der Waals surface area contributed by atoms with Crippen molar-refractivity contribution >= 4 is 39.7 Å². The van der Waals surface area contributed by atoms with Crippen LogP contribution < -0.4 is 0 Å². The monoisotopic (exact) mass is 588 g/mol. The zero-order chi connectivity index (χ0) is 30.2. The third-order valence-electron chi connectivity index (χ3n) is 10.5. The molecule has 0 spiro atoms. The molecule has 0 atom stereocenters. The van der Waals surface area contributed by atoms with Gasteiger partial charge in [-0.2, -0.15) is 0 Å². The van der Waals surface area contributed by atoms with E-state index in [1.165, 1.54) is 0 Å². The van der Waals surface area contributed by atoms with Crippen LogP contribution in [0.1, 0.15) is 96.3 Å². The van der Waals surface area contributed by atoms with Gasteiger partial charge in [-0.1, -0.05) is 13.8 Å². The van der Waals surface area contributed by atoms with Crippen molar-refractivity contribution in [1.82, 2.24) is 29.7 Å². The lowest BCUT2D eigenvalue weighted by molar-refractivity contribution is -0.157. The molecule has 2 aromatic heterocycles. The van der Waals surface area contributed by atoms with Crippen LogP contribution in [-0.2, 0) is 4.79 Å². The topological polar surface area (TPSA) is 109 Å². The number of nitrogens with zero attached hydrogens (tertiary/aromatic N) is 6. The number of amides is 2. The highest BCUT2D eigenvalue weighted by Gasteiger charge is 2.60. The van der Waals surface area contributed by atoms with Crippen molar-refractivity contribution in [1.29, 1.82) is 0 Å². The summed E-state index contributed by atoms with van der Waals surface area (Å²) < 4.78 is 0. The number of carbonyl (C=O) groups excluding carboxylic acids is 3.